The van der Waals surface area contributed by atoms with E-state index in [-0.39, 0.29) is 18.3 Å². The van der Waals surface area contributed by atoms with E-state index in [1.807, 2.05) is 31.0 Å². The van der Waals surface area contributed by atoms with Crippen LogP contribution in [0.5, 0.6) is 0 Å². The van der Waals surface area contributed by atoms with Crippen molar-refractivity contribution in [2.24, 2.45) is 5.92 Å². The van der Waals surface area contributed by atoms with Crippen LogP contribution in [-0.2, 0) is 0 Å². The van der Waals surface area contributed by atoms with Crippen molar-refractivity contribution in [1.82, 2.24) is 10.2 Å². The van der Waals surface area contributed by atoms with Gasteiger partial charge < -0.3 is 10.2 Å². The number of piperidine rings is 1. The number of carbonyl (C=O) groups is 1. The SMILES string of the molecule is CNCC1CCN(C(=O)c2cc(C)cc(Cl)c2)CC1.Cl. The number of likely N-dealkylation sites (tertiary alicyclic amines) is 1. The number of nitrogens with one attached hydrogen (secondary N) is 1. The highest BCUT2D eigenvalue weighted by Crippen LogP contribution is 2.21. The van der Waals surface area contributed by atoms with Gasteiger partial charge >= 0.3 is 0 Å². The summed E-state index contributed by atoms with van der Waals surface area (Å²) in [4.78, 5) is 14.4. The van der Waals surface area contributed by atoms with E-state index in [9.17, 15) is 4.79 Å². The van der Waals surface area contributed by atoms with E-state index in [2.05, 4.69) is 5.32 Å². The first-order valence-corrected chi connectivity index (χ1v) is 7.19. The molecule has 1 aliphatic rings. The van der Waals surface area contributed by atoms with Crippen LogP contribution >= 0.6 is 24.0 Å². The molecule has 5 heteroatoms. The van der Waals surface area contributed by atoms with Gasteiger partial charge in [-0.15, -0.1) is 12.4 Å². The first kappa shape index (κ1) is 17.3. The van der Waals surface area contributed by atoms with E-state index in [0.29, 0.717) is 16.5 Å². The molecule has 1 heterocycles. The molecule has 112 valence electrons. The van der Waals surface area contributed by atoms with Crippen LogP contribution in [0.15, 0.2) is 18.2 Å². The number of carbonyl (C=O) groups excluding carboxylic acids is 1. The summed E-state index contributed by atoms with van der Waals surface area (Å²) in [6.07, 6.45) is 2.15. The van der Waals surface area contributed by atoms with Gasteiger partial charge in [-0.1, -0.05) is 11.6 Å². The standard InChI is InChI=1S/C15H21ClN2O.ClH/c1-11-7-13(9-14(16)8-11)15(19)18-5-3-12(4-6-18)10-17-2;/h7-9,12,17H,3-6,10H2,1-2H3;1H. The molecule has 1 amide bonds. The second-order valence-electron chi connectivity index (χ2n) is 5.31. The predicted molar refractivity (Wildman–Crippen MR) is 86.0 cm³/mol. The van der Waals surface area contributed by atoms with E-state index >= 15 is 0 Å². The van der Waals surface area contributed by atoms with Crippen LogP contribution in [0, 0.1) is 12.8 Å². The van der Waals surface area contributed by atoms with Crippen molar-refractivity contribution < 1.29 is 4.79 Å². The molecule has 0 spiro atoms. The molecule has 0 atom stereocenters. The minimum absolute atomic E-state index is 0. The third-order valence-electron chi connectivity index (χ3n) is 3.68. The number of amides is 1. The Bertz CT molecular complexity index is 437. The van der Waals surface area contributed by atoms with Crippen molar-refractivity contribution in [1.29, 1.82) is 0 Å². The van der Waals surface area contributed by atoms with Gasteiger partial charge in [0.2, 0.25) is 0 Å². The molecule has 1 aromatic rings. The summed E-state index contributed by atoms with van der Waals surface area (Å²) in [5.41, 5.74) is 1.73. The Balaban J connectivity index is 0.00000200. The highest BCUT2D eigenvalue weighted by molar-refractivity contribution is 6.31. The molecular formula is C15H22Cl2N2O. The minimum Gasteiger partial charge on any atom is -0.339 e. The van der Waals surface area contributed by atoms with Crippen molar-refractivity contribution in [3.8, 4) is 0 Å². The summed E-state index contributed by atoms with van der Waals surface area (Å²) in [5.74, 6) is 0.795. The number of rotatable bonds is 3. The maximum absolute atomic E-state index is 12.4. The first-order chi connectivity index (χ1) is 9.10. The van der Waals surface area contributed by atoms with Gasteiger partial charge in [0.05, 0.1) is 0 Å². The molecule has 20 heavy (non-hydrogen) atoms. The largest absolute Gasteiger partial charge is 0.339 e. The summed E-state index contributed by atoms with van der Waals surface area (Å²) in [6.45, 7) is 4.69. The fraction of sp³-hybridized carbons (Fsp3) is 0.533. The van der Waals surface area contributed by atoms with E-state index in [1.54, 1.807) is 6.07 Å². The summed E-state index contributed by atoms with van der Waals surface area (Å²) < 4.78 is 0. The van der Waals surface area contributed by atoms with Crippen molar-refractivity contribution in [2.45, 2.75) is 19.8 Å². The first-order valence-electron chi connectivity index (χ1n) is 6.81. The lowest BCUT2D eigenvalue weighted by Gasteiger charge is -2.32. The highest BCUT2D eigenvalue weighted by Gasteiger charge is 2.23. The second-order valence-corrected chi connectivity index (χ2v) is 5.75. The highest BCUT2D eigenvalue weighted by atomic mass is 35.5. The van der Waals surface area contributed by atoms with Crippen LogP contribution in [0.25, 0.3) is 0 Å². The molecule has 1 aromatic carbocycles. The molecule has 1 saturated heterocycles. The lowest BCUT2D eigenvalue weighted by atomic mass is 9.96. The van der Waals surface area contributed by atoms with Crippen molar-refractivity contribution in [3.63, 3.8) is 0 Å². The Hall–Kier alpha value is -0.770. The zero-order chi connectivity index (χ0) is 13.8. The fourth-order valence-electron chi connectivity index (χ4n) is 2.67. The van der Waals surface area contributed by atoms with Gasteiger partial charge in [0, 0.05) is 23.7 Å². The molecule has 0 saturated carbocycles. The normalized spacial score (nSPS) is 15.8. The predicted octanol–water partition coefficient (Wildman–Crippen LogP) is 3.14. The van der Waals surface area contributed by atoms with Crippen LogP contribution in [-0.4, -0.2) is 37.5 Å². The smallest absolute Gasteiger partial charge is 0.253 e. The molecule has 1 fully saturated rings. The molecule has 2 rings (SSSR count). The quantitative estimate of drug-likeness (QED) is 0.929. The third-order valence-corrected chi connectivity index (χ3v) is 3.90. The lowest BCUT2D eigenvalue weighted by Crippen LogP contribution is -2.40. The van der Waals surface area contributed by atoms with Gasteiger partial charge in [-0.2, -0.15) is 0 Å². The van der Waals surface area contributed by atoms with E-state index in [4.69, 9.17) is 11.6 Å². The zero-order valence-electron chi connectivity index (χ0n) is 12.0. The summed E-state index contributed by atoms with van der Waals surface area (Å²) in [7, 11) is 1.98. The lowest BCUT2D eigenvalue weighted by molar-refractivity contribution is 0.0691. The van der Waals surface area contributed by atoms with Crippen LogP contribution in [0.1, 0.15) is 28.8 Å². The number of hydrogen-bond donors (Lipinski definition) is 1. The van der Waals surface area contributed by atoms with Crippen LogP contribution in [0.4, 0.5) is 0 Å². The Morgan fingerprint density at radius 3 is 2.55 bits per heavy atom. The Kier molecular flexibility index (Phi) is 6.80. The number of hydrogen-bond acceptors (Lipinski definition) is 2. The van der Waals surface area contributed by atoms with E-state index < -0.39 is 0 Å². The molecule has 0 aromatic heterocycles. The minimum atomic E-state index is 0. The van der Waals surface area contributed by atoms with E-state index in [0.717, 1.165) is 38.0 Å². The Labute approximate surface area is 132 Å². The summed E-state index contributed by atoms with van der Waals surface area (Å²) >= 11 is 6.02. The van der Waals surface area contributed by atoms with Gasteiger partial charge in [-0.25, -0.2) is 0 Å². The number of halogens is 2. The summed E-state index contributed by atoms with van der Waals surface area (Å²) in [5, 5.41) is 3.84. The maximum Gasteiger partial charge on any atom is 0.253 e. The zero-order valence-corrected chi connectivity index (χ0v) is 13.6. The molecule has 1 aliphatic heterocycles. The second kappa shape index (κ2) is 7.87. The van der Waals surface area contributed by atoms with Gasteiger partial charge in [0.1, 0.15) is 0 Å². The average molecular weight is 317 g/mol. The van der Waals surface area contributed by atoms with Crippen molar-refractivity contribution in [2.75, 3.05) is 26.7 Å². The third kappa shape index (κ3) is 4.37. The molecule has 1 N–H and O–H groups in total. The molecule has 0 unspecified atom stereocenters. The number of aryl methyl sites for hydroxylation is 1. The molecule has 3 nitrogen and oxygen atoms in total. The van der Waals surface area contributed by atoms with Gasteiger partial charge in [0.25, 0.3) is 5.91 Å². The van der Waals surface area contributed by atoms with Crippen LogP contribution in [0.2, 0.25) is 5.02 Å². The molecule has 0 bridgehead atoms. The van der Waals surface area contributed by atoms with Crippen molar-refractivity contribution in [3.05, 3.63) is 34.3 Å². The Morgan fingerprint density at radius 2 is 2.00 bits per heavy atom. The van der Waals surface area contributed by atoms with Gasteiger partial charge in [-0.05, 0) is 63.0 Å². The summed E-state index contributed by atoms with van der Waals surface area (Å²) in [6, 6.07) is 5.54. The fourth-order valence-corrected chi connectivity index (χ4v) is 2.96. The van der Waals surface area contributed by atoms with Crippen LogP contribution < -0.4 is 5.32 Å². The van der Waals surface area contributed by atoms with Crippen molar-refractivity contribution >= 4 is 29.9 Å². The monoisotopic (exact) mass is 316 g/mol. The van der Waals surface area contributed by atoms with Crippen LogP contribution in [0.3, 0.4) is 0 Å². The van der Waals surface area contributed by atoms with Gasteiger partial charge in [-0.3, -0.25) is 4.79 Å². The number of nitrogens with zero attached hydrogens (tertiary/aromatic N) is 1. The van der Waals surface area contributed by atoms with Gasteiger partial charge in [0.15, 0.2) is 0 Å². The molecule has 0 aliphatic carbocycles. The molecular weight excluding hydrogens is 295 g/mol. The molecule has 0 radical (unpaired) electrons. The number of benzene rings is 1. The average Bonchev–Trinajstić information content (AvgIpc) is 2.38. The Morgan fingerprint density at radius 1 is 1.35 bits per heavy atom. The topological polar surface area (TPSA) is 32.3 Å². The van der Waals surface area contributed by atoms with E-state index in [1.165, 1.54) is 0 Å². The maximum atomic E-state index is 12.4.